The Bertz CT molecular complexity index is 1120. The molecular formula is C36H56O6. The molecule has 1 heterocycles. The molecule has 6 nitrogen and oxygen atoms in total. The molecule has 0 bridgehead atoms. The van der Waals surface area contributed by atoms with Crippen molar-refractivity contribution in [2.24, 2.45) is 62.6 Å². The van der Waals surface area contributed by atoms with Gasteiger partial charge in [0, 0.05) is 0 Å². The van der Waals surface area contributed by atoms with Crippen LogP contribution < -0.4 is 0 Å². The van der Waals surface area contributed by atoms with Gasteiger partial charge < -0.3 is 19.7 Å². The van der Waals surface area contributed by atoms with Gasteiger partial charge in [-0.3, -0.25) is 9.59 Å². The van der Waals surface area contributed by atoms with Gasteiger partial charge in [0.25, 0.3) is 0 Å². The molecule has 236 valence electrons. The SMILES string of the molecule is CC1(C)C2CC[C@]3(C)C(CCC4C5[C@H](C6(COC(=O)C7CCCC7)CO6)CC[C@]5(C(=O)O)CC[C@]43C)[C@@]2(C)CC[C@H]1O. The average molecular weight is 585 g/mol. The van der Waals surface area contributed by atoms with Gasteiger partial charge in [0.15, 0.2) is 0 Å². The van der Waals surface area contributed by atoms with Crippen molar-refractivity contribution in [3.8, 4) is 0 Å². The number of hydrogen-bond acceptors (Lipinski definition) is 5. The summed E-state index contributed by atoms with van der Waals surface area (Å²) in [5.74, 6) is 0.986. The smallest absolute Gasteiger partial charge is 0.309 e. The monoisotopic (exact) mass is 584 g/mol. The number of esters is 1. The van der Waals surface area contributed by atoms with Gasteiger partial charge in [0.2, 0.25) is 0 Å². The molecule has 7 aliphatic rings. The Morgan fingerprint density at radius 3 is 2.17 bits per heavy atom. The molecule has 0 aromatic carbocycles. The zero-order chi connectivity index (χ0) is 29.9. The highest BCUT2D eigenvalue weighted by atomic mass is 16.6. The van der Waals surface area contributed by atoms with E-state index >= 15 is 0 Å². The predicted molar refractivity (Wildman–Crippen MR) is 159 cm³/mol. The molecule has 2 N–H and O–H groups in total. The van der Waals surface area contributed by atoms with Gasteiger partial charge in [-0.25, -0.2) is 0 Å². The minimum atomic E-state index is -0.690. The molecule has 7 rings (SSSR count). The first-order chi connectivity index (χ1) is 19.8. The lowest BCUT2D eigenvalue weighted by molar-refractivity contribution is -0.250. The van der Waals surface area contributed by atoms with E-state index in [0.29, 0.717) is 31.0 Å². The second kappa shape index (κ2) is 9.44. The Labute approximate surface area is 253 Å². The van der Waals surface area contributed by atoms with Crippen LogP contribution in [0.3, 0.4) is 0 Å². The lowest BCUT2D eigenvalue weighted by Crippen LogP contribution is -2.67. The van der Waals surface area contributed by atoms with Gasteiger partial charge in [0.05, 0.1) is 24.0 Å². The number of aliphatic hydroxyl groups excluding tert-OH is 1. The van der Waals surface area contributed by atoms with Gasteiger partial charge in [-0.05, 0) is 128 Å². The number of fused-ring (bicyclic) bond motifs is 7. The predicted octanol–water partition coefficient (Wildman–Crippen LogP) is 7.02. The molecule has 0 aromatic heterocycles. The number of rotatable bonds is 5. The lowest BCUT2D eigenvalue weighted by Gasteiger charge is -2.72. The minimum absolute atomic E-state index is 0.0260. The van der Waals surface area contributed by atoms with Crippen LogP contribution in [0.25, 0.3) is 0 Å². The van der Waals surface area contributed by atoms with Crippen LogP contribution in [-0.4, -0.2) is 47.1 Å². The van der Waals surface area contributed by atoms with E-state index in [1.807, 2.05) is 0 Å². The average Bonchev–Trinajstić information content (AvgIpc) is 3.32. The maximum atomic E-state index is 13.2. The van der Waals surface area contributed by atoms with Crippen molar-refractivity contribution in [2.45, 2.75) is 136 Å². The molecular weight excluding hydrogens is 528 g/mol. The summed E-state index contributed by atoms with van der Waals surface area (Å²) in [6.07, 6.45) is 13.7. The standard InChI is InChI=1S/C36H56O6/c1-31(2)25-13-16-34(5)26(32(25,3)15-14-27(31)37)11-10-23-28-24(12-17-35(28,30(39)40)19-18-33(23,34)4)36(21-42-36)20-41-29(38)22-8-6-7-9-22/h22-28,37H,6-21H2,1-5H3,(H,39,40)/t23?,24-,25?,26?,27-,28?,32+,33-,34-,35+,36?/m1/s1. The molecule has 5 unspecified atom stereocenters. The Kier molecular flexibility index (Phi) is 6.64. The molecule has 6 aliphatic carbocycles. The van der Waals surface area contributed by atoms with Crippen molar-refractivity contribution >= 4 is 11.9 Å². The maximum absolute atomic E-state index is 13.2. The number of carboxylic acids is 1. The van der Waals surface area contributed by atoms with Crippen LogP contribution >= 0.6 is 0 Å². The number of carboxylic acid groups (broad SMARTS) is 1. The van der Waals surface area contributed by atoms with Crippen molar-refractivity contribution in [3.63, 3.8) is 0 Å². The first-order valence-corrected chi connectivity index (χ1v) is 17.5. The van der Waals surface area contributed by atoms with E-state index in [1.165, 1.54) is 6.42 Å². The van der Waals surface area contributed by atoms with Gasteiger partial charge >= 0.3 is 11.9 Å². The molecule has 0 radical (unpaired) electrons. The molecule has 0 spiro atoms. The van der Waals surface area contributed by atoms with E-state index in [-0.39, 0.29) is 51.5 Å². The van der Waals surface area contributed by atoms with Gasteiger partial charge in [-0.15, -0.1) is 0 Å². The summed E-state index contributed by atoms with van der Waals surface area (Å²) in [5.41, 5.74) is -0.852. The second-order valence-electron chi connectivity index (χ2n) is 17.6. The van der Waals surface area contributed by atoms with Crippen LogP contribution in [0.15, 0.2) is 0 Å². The number of hydrogen-bond donors (Lipinski definition) is 2. The maximum Gasteiger partial charge on any atom is 0.309 e. The lowest BCUT2D eigenvalue weighted by atomic mass is 9.32. The van der Waals surface area contributed by atoms with Crippen LogP contribution in [-0.2, 0) is 19.1 Å². The van der Waals surface area contributed by atoms with Crippen LogP contribution in [0.4, 0.5) is 0 Å². The summed E-state index contributed by atoms with van der Waals surface area (Å²) in [7, 11) is 0. The first kappa shape index (κ1) is 29.6. The normalized spacial score (nSPS) is 52.9. The summed E-state index contributed by atoms with van der Waals surface area (Å²) in [6.45, 7) is 13.1. The molecule has 0 aromatic rings. The third-order valence-corrected chi connectivity index (χ3v) is 16.2. The Hall–Kier alpha value is -1.14. The van der Waals surface area contributed by atoms with Gasteiger partial charge in [-0.2, -0.15) is 0 Å². The van der Waals surface area contributed by atoms with E-state index in [9.17, 15) is 19.8 Å². The molecule has 0 amide bonds. The Morgan fingerprint density at radius 1 is 0.786 bits per heavy atom. The van der Waals surface area contributed by atoms with E-state index in [0.717, 1.165) is 83.5 Å². The van der Waals surface area contributed by atoms with Crippen molar-refractivity contribution in [1.29, 1.82) is 0 Å². The summed E-state index contributed by atoms with van der Waals surface area (Å²) >= 11 is 0. The number of carbonyl (C=O) groups excluding carboxylic acids is 1. The number of ether oxygens (including phenoxy) is 2. The molecule has 6 saturated carbocycles. The highest BCUT2D eigenvalue weighted by molar-refractivity contribution is 5.76. The number of carbonyl (C=O) groups is 2. The van der Waals surface area contributed by atoms with Crippen molar-refractivity contribution < 1.29 is 29.3 Å². The van der Waals surface area contributed by atoms with E-state index in [4.69, 9.17) is 9.47 Å². The highest BCUT2D eigenvalue weighted by Crippen LogP contribution is 2.78. The van der Waals surface area contributed by atoms with Crippen molar-refractivity contribution in [1.82, 2.24) is 0 Å². The Balaban J connectivity index is 1.20. The van der Waals surface area contributed by atoms with Crippen LogP contribution in [0.1, 0.15) is 125 Å². The summed E-state index contributed by atoms with van der Waals surface area (Å²) in [5, 5.41) is 21.9. The quantitative estimate of drug-likeness (QED) is 0.266. The topological polar surface area (TPSA) is 96.4 Å². The zero-order valence-corrected chi connectivity index (χ0v) is 26.9. The van der Waals surface area contributed by atoms with E-state index in [1.54, 1.807) is 0 Å². The van der Waals surface area contributed by atoms with Gasteiger partial charge in [-0.1, -0.05) is 47.5 Å². The van der Waals surface area contributed by atoms with Crippen LogP contribution in [0.5, 0.6) is 0 Å². The number of aliphatic hydroxyl groups is 1. The van der Waals surface area contributed by atoms with Crippen LogP contribution in [0, 0.1) is 62.6 Å². The molecule has 1 saturated heterocycles. The van der Waals surface area contributed by atoms with E-state index < -0.39 is 17.0 Å². The van der Waals surface area contributed by atoms with Crippen LogP contribution in [0.2, 0.25) is 0 Å². The highest BCUT2D eigenvalue weighted by Gasteiger charge is 2.74. The zero-order valence-electron chi connectivity index (χ0n) is 26.9. The largest absolute Gasteiger partial charge is 0.481 e. The number of epoxide rings is 1. The Morgan fingerprint density at radius 2 is 1.50 bits per heavy atom. The molecule has 11 atom stereocenters. The molecule has 7 fully saturated rings. The summed E-state index contributed by atoms with van der Waals surface area (Å²) < 4.78 is 12.2. The summed E-state index contributed by atoms with van der Waals surface area (Å²) in [4.78, 5) is 26.1. The fourth-order valence-electron chi connectivity index (χ4n) is 13.5. The molecule has 6 heteroatoms. The fraction of sp³-hybridized carbons (Fsp3) is 0.944. The fourth-order valence-corrected chi connectivity index (χ4v) is 13.5. The third kappa shape index (κ3) is 3.75. The third-order valence-electron chi connectivity index (χ3n) is 16.2. The van der Waals surface area contributed by atoms with E-state index in [2.05, 4.69) is 34.6 Å². The first-order valence-electron chi connectivity index (χ1n) is 17.5. The van der Waals surface area contributed by atoms with Crippen molar-refractivity contribution in [3.05, 3.63) is 0 Å². The molecule has 42 heavy (non-hydrogen) atoms. The summed E-state index contributed by atoms with van der Waals surface area (Å²) in [6, 6.07) is 0. The molecule has 1 aliphatic heterocycles. The number of aliphatic carboxylic acids is 1. The van der Waals surface area contributed by atoms with Crippen molar-refractivity contribution in [2.75, 3.05) is 13.2 Å². The second-order valence-corrected chi connectivity index (χ2v) is 17.6. The van der Waals surface area contributed by atoms with Gasteiger partial charge in [0.1, 0.15) is 12.2 Å². The minimum Gasteiger partial charge on any atom is -0.481 e.